The summed E-state index contributed by atoms with van der Waals surface area (Å²) >= 11 is 0. The number of aliphatic carboxylic acids is 1. The number of carboxylic acid groups (broad SMARTS) is 1. The number of aromatic nitrogens is 2. The van der Waals surface area contributed by atoms with Crippen molar-refractivity contribution < 1.29 is 73.6 Å². The van der Waals surface area contributed by atoms with Crippen LogP contribution in [0, 0.1) is 11.8 Å². The molecule has 18 nitrogen and oxygen atoms in total. The SMILES string of the molecule is CC(C)(C)OC(=O)CCC(=CF)COc1ccc(S(=O)(=O)N2CCC(CC(=O)O)CC2)cn1.COC(=O)CC1CCN(S(=O)(=O)c2ccc(OCC(=CF)CCC(=O)OC(C)(C)C)nc2)CC1. The van der Waals surface area contributed by atoms with Crippen LogP contribution >= 0.6 is 0 Å². The largest absolute Gasteiger partial charge is 0.481 e. The molecule has 0 unspecified atom stereocenters. The average Bonchev–Trinajstić information content (AvgIpc) is 3.26. The second-order valence-corrected chi connectivity index (χ2v) is 21.9. The van der Waals surface area contributed by atoms with Crippen LogP contribution in [0.2, 0.25) is 0 Å². The summed E-state index contributed by atoms with van der Waals surface area (Å²) in [7, 11) is -6.15. The molecular weight excluding hydrogens is 923 g/mol. The molecule has 1 N–H and O–H groups in total. The summed E-state index contributed by atoms with van der Waals surface area (Å²) in [5, 5.41) is 8.89. The summed E-state index contributed by atoms with van der Waals surface area (Å²) in [4.78, 5) is 53.9. The van der Waals surface area contributed by atoms with Gasteiger partial charge < -0.3 is 28.8 Å². The van der Waals surface area contributed by atoms with E-state index in [-0.39, 0.29) is 115 Å². The molecule has 0 atom stereocenters. The quantitative estimate of drug-likeness (QED) is 0.107. The van der Waals surface area contributed by atoms with Crippen molar-refractivity contribution in [1.29, 1.82) is 0 Å². The lowest BCUT2D eigenvalue weighted by molar-refractivity contribution is -0.155. The van der Waals surface area contributed by atoms with Crippen molar-refractivity contribution in [2.75, 3.05) is 46.5 Å². The first-order chi connectivity index (χ1) is 31.3. The number of carbonyl (C=O) groups excluding carboxylic acids is 3. The first kappa shape index (κ1) is 56.3. The van der Waals surface area contributed by atoms with Gasteiger partial charge in [-0.1, -0.05) is 0 Å². The van der Waals surface area contributed by atoms with E-state index in [1.807, 2.05) is 0 Å². The van der Waals surface area contributed by atoms with Crippen LogP contribution in [-0.2, 0) is 53.4 Å². The van der Waals surface area contributed by atoms with Crippen molar-refractivity contribution in [2.45, 2.75) is 127 Å². The van der Waals surface area contributed by atoms with E-state index in [2.05, 4.69) is 14.7 Å². The zero-order valence-electron chi connectivity index (χ0n) is 39.2. The first-order valence-corrected chi connectivity index (χ1v) is 24.7. The van der Waals surface area contributed by atoms with Crippen molar-refractivity contribution >= 4 is 43.9 Å². The fourth-order valence-corrected chi connectivity index (χ4v) is 9.57. The summed E-state index contributed by atoms with van der Waals surface area (Å²) in [5.41, 5.74) is -0.742. The molecule has 2 aromatic rings. The van der Waals surface area contributed by atoms with Crippen LogP contribution in [0.15, 0.2) is 70.3 Å². The van der Waals surface area contributed by atoms with Gasteiger partial charge in [-0.3, -0.25) is 19.2 Å². The lowest BCUT2D eigenvalue weighted by Gasteiger charge is -2.30. The Bertz CT molecular complexity index is 2230. The van der Waals surface area contributed by atoms with E-state index in [0.29, 0.717) is 51.4 Å². The highest BCUT2D eigenvalue weighted by atomic mass is 32.2. The highest BCUT2D eigenvalue weighted by Crippen LogP contribution is 2.28. The van der Waals surface area contributed by atoms with E-state index in [1.165, 1.54) is 52.4 Å². The van der Waals surface area contributed by atoms with Crippen molar-refractivity contribution in [1.82, 2.24) is 18.6 Å². The molecule has 0 amide bonds. The molecular formula is C45H64F2N4O14S2. The zero-order valence-corrected chi connectivity index (χ0v) is 40.8. The molecule has 2 aliphatic rings. The number of hydrogen-bond acceptors (Lipinski definition) is 15. The number of nitrogens with zero attached hydrogens (tertiary/aromatic N) is 4. The van der Waals surface area contributed by atoms with Gasteiger partial charge in [-0.05, 0) is 115 Å². The second-order valence-electron chi connectivity index (χ2n) is 18.0. The zero-order chi connectivity index (χ0) is 50.0. The Balaban J connectivity index is 0.000000355. The topological polar surface area (TPSA) is 235 Å². The van der Waals surface area contributed by atoms with Crippen LogP contribution in [-0.4, -0.2) is 122 Å². The number of carboxylic acids is 1. The van der Waals surface area contributed by atoms with E-state index in [4.69, 9.17) is 24.1 Å². The van der Waals surface area contributed by atoms with Crippen molar-refractivity contribution in [2.24, 2.45) is 11.8 Å². The smallest absolute Gasteiger partial charge is 0.306 e. The predicted octanol–water partition coefficient (Wildman–Crippen LogP) is 6.71. The minimum Gasteiger partial charge on any atom is -0.481 e. The Morgan fingerprint density at radius 3 is 1.31 bits per heavy atom. The molecule has 2 aliphatic heterocycles. The number of piperidine rings is 2. The van der Waals surface area contributed by atoms with Gasteiger partial charge in [0, 0.05) is 64.0 Å². The minimum atomic E-state index is -3.75. The van der Waals surface area contributed by atoms with E-state index >= 15 is 0 Å². The van der Waals surface area contributed by atoms with Crippen molar-refractivity contribution in [3.8, 4) is 11.8 Å². The van der Waals surface area contributed by atoms with E-state index in [1.54, 1.807) is 41.5 Å². The predicted molar refractivity (Wildman–Crippen MR) is 240 cm³/mol. The molecule has 22 heteroatoms. The lowest BCUT2D eigenvalue weighted by Crippen LogP contribution is -2.38. The Morgan fingerprint density at radius 1 is 0.642 bits per heavy atom. The molecule has 0 aromatic carbocycles. The second kappa shape index (κ2) is 25.9. The third-order valence-electron chi connectivity index (χ3n) is 10.2. The molecule has 0 spiro atoms. The summed E-state index contributed by atoms with van der Waals surface area (Å²) in [6.07, 6.45) is 5.84. The number of carbonyl (C=O) groups is 4. The maximum Gasteiger partial charge on any atom is 0.306 e. The molecule has 374 valence electrons. The molecule has 2 fully saturated rings. The molecule has 67 heavy (non-hydrogen) atoms. The van der Waals surface area contributed by atoms with Gasteiger partial charge in [0.05, 0.1) is 32.2 Å². The third kappa shape index (κ3) is 20.0. The van der Waals surface area contributed by atoms with Crippen molar-refractivity contribution in [3.63, 3.8) is 0 Å². The van der Waals surface area contributed by atoms with E-state index in [0.717, 1.165) is 0 Å². The first-order valence-electron chi connectivity index (χ1n) is 21.8. The van der Waals surface area contributed by atoms with Gasteiger partial charge in [0.15, 0.2) is 0 Å². The molecule has 4 heterocycles. The Labute approximate surface area is 392 Å². The average molecular weight is 987 g/mol. The molecule has 0 aliphatic carbocycles. The van der Waals surface area contributed by atoms with Gasteiger partial charge in [-0.15, -0.1) is 0 Å². The van der Waals surface area contributed by atoms with Crippen LogP contribution in [0.1, 0.15) is 106 Å². The van der Waals surface area contributed by atoms with Crippen LogP contribution < -0.4 is 9.47 Å². The summed E-state index contributed by atoms with van der Waals surface area (Å²) in [6.45, 7) is 11.3. The molecule has 2 saturated heterocycles. The van der Waals surface area contributed by atoms with Crippen molar-refractivity contribution in [3.05, 3.63) is 60.5 Å². The minimum absolute atomic E-state index is 0.00211. The van der Waals surface area contributed by atoms with Gasteiger partial charge in [0.2, 0.25) is 31.8 Å². The highest BCUT2D eigenvalue weighted by molar-refractivity contribution is 7.89. The molecule has 0 bridgehead atoms. The monoisotopic (exact) mass is 986 g/mol. The lowest BCUT2D eigenvalue weighted by atomic mass is 9.95. The maximum atomic E-state index is 13.2. The number of methoxy groups -OCH3 is 1. The van der Waals surface area contributed by atoms with E-state index in [9.17, 15) is 44.8 Å². The molecule has 0 radical (unpaired) electrons. The van der Waals surface area contributed by atoms with Gasteiger partial charge in [0.1, 0.15) is 34.2 Å². The molecule has 2 aromatic heterocycles. The summed E-state index contributed by atoms with van der Waals surface area (Å²) in [6, 6.07) is 5.53. The molecule has 0 saturated carbocycles. The highest BCUT2D eigenvalue weighted by Gasteiger charge is 2.32. The molecule has 4 rings (SSSR count). The number of sulfonamides is 2. The van der Waals surface area contributed by atoms with Crippen LogP contribution in [0.4, 0.5) is 8.78 Å². The fraction of sp³-hybridized carbons (Fsp3) is 0.600. The normalized spacial score (nSPS) is 16.3. The van der Waals surface area contributed by atoms with Gasteiger partial charge in [-0.2, -0.15) is 8.61 Å². The van der Waals surface area contributed by atoms with Crippen LogP contribution in [0.25, 0.3) is 0 Å². The number of rotatable bonds is 20. The van der Waals surface area contributed by atoms with E-state index < -0.39 is 49.2 Å². The maximum absolute atomic E-state index is 13.2. The van der Waals surface area contributed by atoms with Crippen LogP contribution in [0.3, 0.4) is 0 Å². The Kier molecular flexibility index (Phi) is 21.8. The Morgan fingerprint density at radius 2 is 1.01 bits per heavy atom. The number of hydrogen-bond donors (Lipinski definition) is 1. The number of pyridine rings is 2. The number of ether oxygens (including phenoxy) is 5. The number of halogens is 2. The number of esters is 3. The van der Waals surface area contributed by atoms with Gasteiger partial charge in [0.25, 0.3) is 0 Å². The van der Waals surface area contributed by atoms with Gasteiger partial charge in [-0.25, -0.2) is 35.6 Å². The fourth-order valence-electron chi connectivity index (χ4n) is 6.74. The Hall–Kier alpha value is -5.06. The summed E-state index contributed by atoms with van der Waals surface area (Å²) in [5.74, 6) is -1.74. The standard InChI is InChI=1S/C23H33FN2O7S.C22H31FN2O7S/c1-23(2,3)33-21(27)8-5-18(14-24)16-32-20-7-6-19(15-25-20)34(29,30)26-11-9-17(10-12-26)13-22(28)31-4;1-22(2,3)32-21(28)7-4-17(13-23)15-31-19-6-5-18(14-24-19)33(29,30)25-10-8-16(9-11-25)12-20(26)27/h6-7,14-15,17H,5,8-13,16H2,1-4H3;5-6,13-14,16H,4,7-12,15H2,1-3H3,(H,26,27). The van der Waals surface area contributed by atoms with Gasteiger partial charge >= 0.3 is 23.9 Å². The van der Waals surface area contributed by atoms with Crippen LogP contribution in [0.5, 0.6) is 11.8 Å². The third-order valence-corrected chi connectivity index (χ3v) is 14.0. The summed E-state index contributed by atoms with van der Waals surface area (Å²) < 4.78 is 106.